The van der Waals surface area contributed by atoms with Gasteiger partial charge in [-0.2, -0.15) is 0 Å². The molecule has 0 saturated carbocycles. The lowest BCUT2D eigenvalue weighted by Gasteiger charge is -2.11. The molecule has 0 fully saturated rings. The Hall–Kier alpha value is -2.42. The van der Waals surface area contributed by atoms with Crippen LogP contribution in [-0.4, -0.2) is 40.8 Å². The number of hydrogen-bond acceptors (Lipinski definition) is 7. The SMILES string of the molecule is CCCCc1nnc(SCC(=O)Nc2ccc(OC)cc2OC)n1N. The summed E-state index contributed by atoms with van der Waals surface area (Å²) < 4.78 is 11.8. The van der Waals surface area contributed by atoms with Gasteiger partial charge in [-0.1, -0.05) is 25.1 Å². The Morgan fingerprint density at radius 3 is 2.80 bits per heavy atom. The van der Waals surface area contributed by atoms with Crippen LogP contribution in [0.2, 0.25) is 0 Å². The number of aryl methyl sites for hydroxylation is 1. The van der Waals surface area contributed by atoms with E-state index in [1.807, 2.05) is 0 Å². The fourth-order valence-electron chi connectivity index (χ4n) is 2.13. The van der Waals surface area contributed by atoms with Crippen LogP contribution >= 0.6 is 11.8 Å². The average molecular weight is 365 g/mol. The largest absolute Gasteiger partial charge is 0.497 e. The van der Waals surface area contributed by atoms with E-state index in [0.717, 1.165) is 25.1 Å². The van der Waals surface area contributed by atoms with Crippen LogP contribution in [0.3, 0.4) is 0 Å². The molecule has 0 aliphatic heterocycles. The van der Waals surface area contributed by atoms with Crippen molar-refractivity contribution in [3.05, 3.63) is 24.0 Å². The molecule has 0 saturated heterocycles. The third-order valence-corrected chi connectivity index (χ3v) is 4.45. The first-order chi connectivity index (χ1) is 12.1. The van der Waals surface area contributed by atoms with Crippen molar-refractivity contribution in [2.45, 2.75) is 31.3 Å². The molecule has 0 aliphatic rings. The molecule has 2 aromatic rings. The number of ether oxygens (including phenoxy) is 2. The summed E-state index contributed by atoms with van der Waals surface area (Å²) in [5.41, 5.74) is 0.576. The number of nitrogens with two attached hydrogens (primary N) is 1. The Bertz CT molecular complexity index is 720. The van der Waals surface area contributed by atoms with E-state index in [1.54, 1.807) is 25.3 Å². The molecule has 0 unspecified atom stereocenters. The number of carbonyl (C=O) groups excluding carboxylic acids is 1. The fraction of sp³-hybridized carbons (Fsp3) is 0.438. The Balaban J connectivity index is 1.94. The van der Waals surface area contributed by atoms with E-state index in [0.29, 0.717) is 22.3 Å². The maximum absolute atomic E-state index is 12.2. The number of hydrogen-bond donors (Lipinski definition) is 2. The summed E-state index contributed by atoms with van der Waals surface area (Å²) in [7, 11) is 3.11. The number of methoxy groups -OCH3 is 2. The maximum Gasteiger partial charge on any atom is 0.234 e. The highest BCUT2D eigenvalue weighted by molar-refractivity contribution is 7.99. The normalized spacial score (nSPS) is 10.5. The topological polar surface area (TPSA) is 104 Å². The zero-order valence-electron chi connectivity index (χ0n) is 14.6. The van der Waals surface area contributed by atoms with Gasteiger partial charge in [0.25, 0.3) is 0 Å². The van der Waals surface area contributed by atoms with E-state index in [4.69, 9.17) is 15.3 Å². The number of nitrogens with zero attached hydrogens (tertiary/aromatic N) is 3. The molecule has 0 atom stereocenters. The summed E-state index contributed by atoms with van der Waals surface area (Å²) in [5, 5.41) is 11.4. The number of unbranched alkanes of at least 4 members (excludes halogenated alkanes) is 1. The molecule has 0 bridgehead atoms. The first-order valence-corrected chi connectivity index (χ1v) is 8.91. The molecule has 0 spiro atoms. The van der Waals surface area contributed by atoms with Gasteiger partial charge in [-0.05, 0) is 18.6 Å². The number of carbonyl (C=O) groups is 1. The molecule has 3 N–H and O–H groups in total. The van der Waals surface area contributed by atoms with Crippen LogP contribution < -0.4 is 20.6 Å². The monoisotopic (exact) mass is 365 g/mol. The number of amides is 1. The number of thioether (sulfide) groups is 1. The van der Waals surface area contributed by atoms with Crippen LogP contribution in [0.25, 0.3) is 0 Å². The van der Waals surface area contributed by atoms with E-state index in [1.165, 1.54) is 23.5 Å². The summed E-state index contributed by atoms with van der Waals surface area (Å²) in [4.78, 5) is 12.2. The molecule has 1 heterocycles. The Morgan fingerprint density at radius 1 is 1.32 bits per heavy atom. The van der Waals surface area contributed by atoms with Gasteiger partial charge < -0.3 is 20.6 Å². The lowest BCUT2D eigenvalue weighted by molar-refractivity contribution is -0.113. The number of benzene rings is 1. The van der Waals surface area contributed by atoms with Crippen molar-refractivity contribution in [2.75, 3.05) is 31.1 Å². The van der Waals surface area contributed by atoms with Crippen molar-refractivity contribution in [3.8, 4) is 11.5 Å². The minimum atomic E-state index is -0.188. The minimum absolute atomic E-state index is 0.165. The zero-order chi connectivity index (χ0) is 18.2. The van der Waals surface area contributed by atoms with E-state index in [9.17, 15) is 4.79 Å². The van der Waals surface area contributed by atoms with E-state index >= 15 is 0 Å². The van der Waals surface area contributed by atoms with Crippen molar-refractivity contribution in [1.82, 2.24) is 14.9 Å². The molecule has 2 rings (SSSR count). The van der Waals surface area contributed by atoms with Gasteiger partial charge in [-0.25, -0.2) is 4.68 Å². The summed E-state index contributed by atoms with van der Waals surface area (Å²) >= 11 is 1.24. The molecule has 1 amide bonds. The van der Waals surface area contributed by atoms with Gasteiger partial charge in [0.15, 0.2) is 5.82 Å². The van der Waals surface area contributed by atoms with Crippen molar-refractivity contribution in [1.29, 1.82) is 0 Å². The molecule has 25 heavy (non-hydrogen) atoms. The molecule has 9 heteroatoms. The third-order valence-electron chi connectivity index (χ3n) is 3.50. The van der Waals surface area contributed by atoms with Crippen LogP contribution in [0, 0.1) is 0 Å². The van der Waals surface area contributed by atoms with E-state index in [-0.39, 0.29) is 11.7 Å². The van der Waals surface area contributed by atoms with E-state index in [2.05, 4.69) is 22.4 Å². The van der Waals surface area contributed by atoms with Crippen molar-refractivity contribution in [2.24, 2.45) is 0 Å². The lowest BCUT2D eigenvalue weighted by Crippen LogP contribution is -2.17. The van der Waals surface area contributed by atoms with Gasteiger partial charge in [0.05, 0.1) is 25.7 Å². The summed E-state index contributed by atoms with van der Waals surface area (Å²) in [6.07, 6.45) is 2.83. The number of nitrogens with one attached hydrogen (secondary N) is 1. The first kappa shape index (κ1) is 18.9. The van der Waals surface area contributed by atoms with Gasteiger partial charge in [-0.15, -0.1) is 10.2 Å². The number of anilines is 1. The molecule has 1 aromatic heterocycles. The second kappa shape index (κ2) is 9.16. The van der Waals surface area contributed by atoms with Gasteiger partial charge in [0.2, 0.25) is 11.1 Å². The molecular weight excluding hydrogens is 342 g/mol. The predicted molar refractivity (Wildman–Crippen MR) is 97.7 cm³/mol. The zero-order valence-corrected chi connectivity index (χ0v) is 15.4. The summed E-state index contributed by atoms with van der Waals surface area (Å²) in [6, 6.07) is 5.19. The number of nitrogen functional groups attached to an aromatic ring is 1. The van der Waals surface area contributed by atoms with Crippen LogP contribution in [0.5, 0.6) is 11.5 Å². The van der Waals surface area contributed by atoms with Crippen LogP contribution in [0.15, 0.2) is 23.4 Å². The summed E-state index contributed by atoms with van der Waals surface area (Å²) in [6.45, 7) is 2.10. The standard InChI is InChI=1S/C16H23N5O3S/c1-4-5-6-14-19-20-16(21(14)17)25-10-15(22)18-12-8-7-11(23-2)9-13(12)24-3/h7-9H,4-6,10,17H2,1-3H3,(H,18,22). The Kier molecular flexibility index (Phi) is 6.93. The maximum atomic E-state index is 12.2. The first-order valence-electron chi connectivity index (χ1n) is 7.93. The second-order valence-corrected chi connectivity index (χ2v) is 6.22. The second-order valence-electron chi connectivity index (χ2n) is 5.28. The summed E-state index contributed by atoms with van der Waals surface area (Å²) in [5.74, 6) is 7.85. The van der Waals surface area contributed by atoms with Gasteiger partial charge >= 0.3 is 0 Å². The highest BCUT2D eigenvalue weighted by Crippen LogP contribution is 2.29. The molecule has 136 valence electrons. The molecule has 8 nitrogen and oxygen atoms in total. The smallest absolute Gasteiger partial charge is 0.234 e. The lowest BCUT2D eigenvalue weighted by atomic mass is 10.2. The van der Waals surface area contributed by atoms with Crippen molar-refractivity contribution >= 4 is 23.4 Å². The molecule has 0 radical (unpaired) electrons. The van der Waals surface area contributed by atoms with Crippen LogP contribution in [0.4, 0.5) is 5.69 Å². The van der Waals surface area contributed by atoms with Gasteiger partial charge in [0.1, 0.15) is 11.5 Å². The van der Waals surface area contributed by atoms with Crippen molar-refractivity contribution < 1.29 is 14.3 Å². The predicted octanol–water partition coefficient (Wildman–Crippen LogP) is 2.08. The van der Waals surface area contributed by atoms with Gasteiger partial charge in [-0.3, -0.25) is 4.79 Å². The number of aromatic nitrogens is 3. The van der Waals surface area contributed by atoms with Gasteiger partial charge in [0, 0.05) is 12.5 Å². The highest BCUT2D eigenvalue weighted by atomic mass is 32.2. The Morgan fingerprint density at radius 2 is 2.12 bits per heavy atom. The molecular formula is C16H23N5O3S. The van der Waals surface area contributed by atoms with E-state index < -0.39 is 0 Å². The average Bonchev–Trinajstić information content (AvgIpc) is 2.98. The fourth-order valence-corrected chi connectivity index (χ4v) is 2.80. The van der Waals surface area contributed by atoms with Crippen LogP contribution in [-0.2, 0) is 11.2 Å². The quantitative estimate of drug-likeness (QED) is 0.518. The van der Waals surface area contributed by atoms with Crippen LogP contribution in [0.1, 0.15) is 25.6 Å². The molecule has 0 aliphatic carbocycles. The Labute approximate surface area is 151 Å². The molecule has 1 aromatic carbocycles. The number of rotatable bonds is 9. The minimum Gasteiger partial charge on any atom is -0.497 e. The van der Waals surface area contributed by atoms with Crippen molar-refractivity contribution in [3.63, 3.8) is 0 Å². The highest BCUT2D eigenvalue weighted by Gasteiger charge is 2.13. The third kappa shape index (κ3) is 5.02.